The summed E-state index contributed by atoms with van der Waals surface area (Å²) in [6, 6.07) is 9.33. The molecule has 2 aromatic rings. The fourth-order valence-corrected chi connectivity index (χ4v) is 3.59. The molecule has 0 amide bonds. The molecule has 26 heavy (non-hydrogen) atoms. The SMILES string of the molecule is CCCN(CC(C)CC(CC)CC)c1cnnc(-c2ccccc2O)c1. The van der Waals surface area contributed by atoms with Crippen LogP contribution >= 0.6 is 0 Å². The van der Waals surface area contributed by atoms with E-state index in [1.807, 2.05) is 30.5 Å². The molecular formula is C22H33N3O. The third kappa shape index (κ3) is 5.45. The molecular weight excluding hydrogens is 322 g/mol. The number of anilines is 1. The van der Waals surface area contributed by atoms with Gasteiger partial charge in [0.25, 0.3) is 0 Å². The van der Waals surface area contributed by atoms with E-state index in [-0.39, 0.29) is 5.75 Å². The summed E-state index contributed by atoms with van der Waals surface area (Å²) in [6.45, 7) is 11.2. The zero-order chi connectivity index (χ0) is 18.9. The van der Waals surface area contributed by atoms with Gasteiger partial charge in [-0.05, 0) is 42.9 Å². The van der Waals surface area contributed by atoms with E-state index < -0.39 is 0 Å². The predicted molar refractivity (Wildman–Crippen MR) is 109 cm³/mol. The summed E-state index contributed by atoms with van der Waals surface area (Å²) in [5.74, 6) is 1.68. The first kappa shape index (κ1) is 20.2. The topological polar surface area (TPSA) is 49.2 Å². The molecule has 1 atom stereocenters. The molecule has 1 unspecified atom stereocenters. The number of rotatable bonds is 10. The smallest absolute Gasteiger partial charge is 0.125 e. The Labute approximate surface area is 158 Å². The fraction of sp³-hybridized carbons (Fsp3) is 0.545. The molecule has 0 radical (unpaired) electrons. The normalized spacial score (nSPS) is 12.3. The summed E-state index contributed by atoms with van der Waals surface area (Å²) in [5.41, 5.74) is 2.52. The van der Waals surface area contributed by atoms with Crippen LogP contribution in [0.2, 0.25) is 0 Å². The van der Waals surface area contributed by atoms with Crippen molar-refractivity contribution in [3.8, 4) is 17.0 Å². The number of aromatic nitrogens is 2. The third-order valence-corrected chi connectivity index (χ3v) is 5.10. The van der Waals surface area contributed by atoms with Gasteiger partial charge < -0.3 is 10.0 Å². The predicted octanol–water partition coefficient (Wildman–Crippen LogP) is 5.53. The zero-order valence-corrected chi connectivity index (χ0v) is 16.7. The molecule has 1 N–H and O–H groups in total. The minimum Gasteiger partial charge on any atom is -0.507 e. The summed E-state index contributed by atoms with van der Waals surface area (Å²) in [4.78, 5) is 2.41. The van der Waals surface area contributed by atoms with Crippen LogP contribution in [0.15, 0.2) is 36.5 Å². The van der Waals surface area contributed by atoms with Crippen LogP contribution in [-0.4, -0.2) is 28.4 Å². The van der Waals surface area contributed by atoms with Crippen LogP contribution in [0, 0.1) is 11.8 Å². The molecule has 0 bridgehead atoms. The maximum Gasteiger partial charge on any atom is 0.125 e. The van der Waals surface area contributed by atoms with Crippen molar-refractivity contribution in [3.63, 3.8) is 0 Å². The van der Waals surface area contributed by atoms with Gasteiger partial charge in [0.2, 0.25) is 0 Å². The number of phenolic OH excluding ortho intramolecular Hbond substituents is 1. The van der Waals surface area contributed by atoms with Gasteiger partial charge in [-0.1, -0.05) is 52.7 Å². The molecule has 0 aliphatic heterocycles. The maximum absolute atomic E-state index is 10.1. The molecule has 2 rings (SSSR count). The number of phenols is 1. The second-order valence-electron chi connectivity index (χ2n) is 7.29. The summed E-state index contributed by atoms with van der Waals surface area (Å²) in [7, 11) is 0. The van der Waals surface area contributed by atoms with Crippen LogP contribution in [-0.2, 0) is 0 Å². The van der Waals surface area contributed by atoms with Crippen LogP contribution < -0.4 is 4.90 Å². The van der Waals surface area contributed by atoms with Crippen molar-refractivity contribution < 1.29 is 5.11 Å². The molecule has 0 fully saturated rings. The fourth-order valence-electron chi connectivity index (χ4n) is 3.59. The molecule has 0 saturated carbocycles. The van der Waals surface area contributed by atoms with Crippen molar-refractivity contribution in [2.45, 2.75) is 53.4 Å². The van der Waals surface area contributed by atoms with Crippen LogP contribution in [0.25, 0.3) is 11.3 Å². The van der Waals surface area contributed by atoms with Gasteiger partial charge in [0.1, 0.15) is 5.75 Å². The summed E-state index contributed by atoms with van der Waals surface area (Å²) in [5, 5.41) is 18.5. The zero-order valence-electron chi connectivity index (χ0n) is 16.7. The highest BCUT2D eigenvalue weighted by Gasteiger charge is 2.16. The second kappa shape index (κ2) is 10.1. The average Bonchev–Trinajstić information content (AvgIpc) is 2.66. The molecule has 1 aromatic heterocycles. The highest BCUT2D eigenvalue weighted by atomic mass is 16.3. The summed E-state index contributed by atoms with van der Waals surface area (Å²) < 4.78 is 0. The highest BCUT2D eigenvalue weighted by molar-refractivity contribution is 5.69. The van der Waals surface area contributed by atoms with Gasteiger partial charge >= 0.3 is 0 Å². The van der Waals surface area contributed by atoms with Crippen LogP contribution in [0.5, 0.6) is 5.75 Å². The third-order valence-electron chi connectivity index (χ3n) is 5.10. The molecule has 1 heterocycles. The van der Waals surface area contributed by atoms with Crippen LogP contribution in [0.1, 0.15) is 53.4 Å². The Morgan fingerprint density at radius 2 is 1.85 bits per heavy atom. The number of hydrogen-bond donors (Lipinski definition) is 1. The molecule has 0 aliphatic carbocycles. The van der Waals surface area contributed by atoms with Crippen LogP contribution in [0.3, 0.4) is 0 Å². The van der Waals surface area contributed by atoms with E-state index in [4.69, 9.17) is 0 Å². The largest absolute Gasteiger partial charge is 0.507 e. The summed E-state index contributed by atoms with van der Waals surface area (Å²) >= 11 is 0. The van der Waals surface area contributed by atoms with Gasteiger partial charge in [0.15, 0.2) is 0 Å². The Hall–Kier alpha value is -2.10. The van der Waals surface area contributed by atoms with Gasteiger partial charge in [0, 0.05) is 18.7 Å². The highest BCUT2D eigenvalue weighted by Crippen LogP contribution is 2.29. The second-order valence-corrected chi connectivity index (χ2v) is 7.29. The lowest BCUT2D eigenvalue weighted by atomic mass is 9.91. The number of aromatic hydroxyl groups is 1. The molecule has 142 valence electrons. The number of para-hydroxylation sites is 1. The molecule has 4 heteroatoms. The van der Waals surface area contributed by atoms with Crippen molar-refractivity contribution in [1.29, 1.82) is 0 Å². The monoisotopic (exact) mass is 355 g/mol. The van der Waals surface area contributed by atoms with E-state index in [0.29, 0.717) is 11.6 Å². The average molecular weight is 356 g/mol. The van der Waals surface area contributed by atoms with Crippen molar-refractivity contribution in [1.82, 2.24) is 10.2 Å². The van der Waals surface area contributed by atoms with E-state index in [1.54, 1.807) is 6.07 Å². The minimum atomic E-state index is 0.239. The van der Waals surface area contributed by atoms with Crippen molar-refractivity contribution in [2.24, 2.45) is 11.8 Å². The van der Waals surface area contributed by atoms with Gasteiger partial charge in [-0.2, -0.15) is 10.2 Å². The maximum atomic E-state index is 10.1. The number of nitrogens with zero attached hydrogens (tertiary/aromatic N) is 3. The van der Waals surface area contributed by atoms with Gasteiger partial charge in [-0.3, -0.25) is 0 Å². The molecule has 0 saturated heterocycles. The van der Waals surface area contributed by atoms with Gasteiger partial charge in [0.05, 0.1) is 17.6 Å². The Balaban J connectivity index is 2.19. The lowest BCUT2D eigenvalue weighted by molar-refractivity contribution is 0.370. The van der Waals surface area contributed by atoms with E-state index in [0.717, 1.165) is 36.7 Å². The van der Waals surface area contributed by atoms with E-state index >= 15 is 0 Å². The van der Waals surface area contributed by atoms with Gasteiger partial charge in [-0.15, -0.1) is 0 Å². The van der Waals surface area contributed by atoms with Crippen LogP contribution in [0.4, 0.5) is 5.69 Å². The Morgan fingerprint density at radius 1 is 1.12 bits per heavy atom. The van der Waals surface area contributed by atoms with E-state index in [9.17, 15) is 5.11 Å². The standard InChI is InChI=1S/C22H33N3O/c1-5-12-25(16-17(4)13-18(6-2)7-3)19-14-21(24-23-15-19)20-10-8-9-11-22(20)26/h8-11,14-15,17-18,26H,5-7,12-13,16H2,1-4H3. The van der Waals surface area contributed by atoms with E-state index in [1.165, 1.54) is 19.3 Å². The molecule has 4 nitrogen and oxygen atoms in total. The first-order valence-corrected chi connectivity index (χ1v) is 9.94. The molecule has 0 aliphatic rings. The molecule has 1 aromatic carbocycles. The van der Waals surface area contributed by atoms with Crippen molar-refractivity contribution in [2.75, 3.05) is 18.0 Å². The van der Waals surface area contributed by atoms with E-state index in [2.05, 4.69) is 42.8 Å². The van der Waals surface area contributed by atoms with Gasteiger partial charge in [-0.25, -0.2) is 0 Å². The number of benzene rings is 1. The summed E-state index contributed by atoms with van der Waals surface area (Å²) in [6.07, 6.45) is 6.69. The molecule has 0 spiro atoms. The Bertz CT molecular complexity index is 670. The quantitative estimate of drug-likeness (QED) is 0.609. The Morgan fingerprint density at radius 3 is 2.50 bits per heavy atom. The first-order valence-electron chi connectivity index (χ1n) is 9.94. The first-order chi connectivity index (χ1) is 12.6. The van der Waals surface area contributed by atoms with Crippen molar-refractivity contribution >= 4 is 5.69 Å². The lowest BCUT2D eigenvalue weighted by Gasteiger charge is -2.29. The lowest BCUT2D eigenvalue weighted by Crippen LogP contribution is -2.30. The van der Waals surface area contributed by atoms with Crippen molar-refractivity contribution in [3.05, 3.63) is 36.5 Å². The Kier molecular flexibility index (Phi) is 7.89. The minimum absolute atomic E-state index is 0.239. The number of hydrogen-bond acceptors (Lipinski definition) is 4.